The predicted molar refractivity (Wildman–Crippen MR) is 79.8 cm³/mol. The van der Waals surface area contributed by atoms with E-state index in [9.17, 15) is 9.59 Å². The van der Waals surface area contributed by atoms with Gasteiger partial charge in [0.1, 0.15) is 0 Å². The van der Waals surface area contributed by atoms with E-state index in [4.69, 9.17) is 27.9 Å². The molecule has 2 rings (SSSR count). The molecule has 2 aromatic rings. The van der Waals surface area contributed by atoms with Crippen LogP contribution in [0.1, 0.15) is 22.0 Å². The molecular weight excluding hydrogens is 331 g/mol. The molecular formula is C14H12Cl2N2O4. The van der Waals surface area contributed by atoms with Gasteiger partial charge in [0.05, 0.1) is 18.9 Å². The molecule has 1 aromatic heterocycles. The van der Waals surface area contributed by atoms with Gasteiger partial charge in [-0.1, -0.05) is 23.2 Å². The number of carbonyl (C=O) groups excluding carboxylic acids is 2. The Morgan fingerprint density at radius 1 is 1.23 bits per heavy atom. The molecule has 6 nitrogen and oxygen atoms in total. The minimum atomic E-state index is -1.27. The number of ether oxygens (including phenoxy) is 2. The molecule has 0 aliphatic heterocycles. The average Bonchev–Trinajstić information content (AvgIpc) is 2.89. The number of aryl methyl sites for hydroxylation is 1. The van der Waals surface area contributed by atoms with Gasteiger partial charge in [-0.25, -0.2) is 9.59 Å². The summed E-state index contributed by atoms with van der Waals surface area (Å²) in [4.78, 5) is 24.0. The molecule has 1 unspecified atom stereocenters. The van der Waals surface area contributed by atoms with E-state index in [1.165, 1.54) is 42.4 Å². The zero-order valence-corrected chi connectivity index (χ0v) is 13.3. The van der Waals surface area contributed by atoms with Crippen LogP contribution < -0.4 is 0 Å². The fourth-order valence-electron chi connectivity index (χ4n) is 1.79. The summed E-state index contributed by atoms with van der Waals surface area (Å²) in [7, 11) is 2.85. The van der Waals surface area contributed by atoms with E-state index in [1.54, 1.807) is 7.05 Å². The summed E-state index contributed by atoms with van der Waals surface area (Å²) < 4.78 is 11.3. The SMILES string of the molecule is COC(=O)C(OC(=O)c1cnn(C)c1)c1cc(Cl)cc(Cl)c1. The molecule has 116 valence electrons. The third kappa shape index (κ3) is 3.78. The Kier molecular flexibility index (Phi) is 5.05. The lowest BCUT2D eigenvalue weighted by Crippen LogP contribution is -2.21. The monoisotopic (exact) mass is 342 g/mol. The van der Waals surface area contributed by atoms with Gasteiger partial charge >= 0.3 is 11.9 Å². The number of nitrogens with zero attached hydrogens (tertiary/aromatic N) is 2. The summed E-state index contributed by atoms with van der Waals surface area (Å²) in [6.45, 7) is 0. The third-order valence-electron chi connectivity index (χ3n) is 2.77. The van der Waals surface area contributed by atoms with Crippen LogP contribution in [0.25, 0.3) is 0 Å². The number of esters is 2. The van der Waals surface area contributed by atoms with Gasteiger partial charge in [0, 0.05) is 28.9 Å². The Labute approximate surface area is 136 Å². The third-order valence-corrected chi connectivity index (χ3v) is 3.20. The number of hydrogen-bond donors (Lipinski definition) is 0. The van der Waals surface area contributed by atoms with E-state index >= 15 is 0 Å². The van der Waals surface area contributed by atoms with E-state index in [0.29, 0.717) is 15.6 Å². The number of carbonyl (C=O) groups is 2. The lowest BCUT2D eigenvalue weighted by molar-refractivity contribution is -0.151. The molecule has 0 spiro atoms. The summed E-state index contributed by atoms with van der Waals surface area (Å²) >= 11 is 11.8. The Morgan fingerprint density at radius 2 is 1.86 bits per heavy atom. The van der Waals surface area contributed by atoms with Crippen LogP contribution in [0, 0.1) is 0 Å². The number of methoxy groups -OCH3 is 1. The molecule has 1 heterocycles. The fraction of sp³-hybridized carbons (Fsp3) is 0.214. The highest BCUT2D eigenvalue weighted by atomic mass is 35.5. The quantitative estimate of drug-likeness (QED) is 0.799. The summed E-state index contributed by atoms with van der Waals surface area (Å²) in [6.07, 6.45) is 1.54. The first kappa shape index (κ1) is 16.3. The Balaban J connectivity index is 2.30. The van der Waals surface area contributed by atoms with Crippen molar-refractivity contribution in [3.05, 3.63) is 51.8 Å². The van der Waals surface area contributed by atoms with E-state index in [0.717, 1.165) is 0 Å². The minimum absolute atomic E-state index is 0.213. The number of benzene rings is 1. The van der Waals surface area contributed by atoms with Crippen molar-refractivity contribution in [1.29, 1.82) is 0 Å². The lowest BCUT2D eigenvalue weighted by atomic mass is 10.1. The fourth-order valence-corrected chi connectivity index (χ4v) is 2.33. The van der Waals surface area contributed by atoms with Crippen LogP contribution in [0.4, 0.5) is 0 Å². The van der Waals surface area contributed by atoms with E-state index < -0.39 is 18.0 Å². The highest BCUT2D eigenvalue weighted by Crippen LogP contribution is 2.27. The standard InChI is InChI=1S/C14H12Cl2N2O4/c1-18-7-9(6-17-18)13(19)22-12(14(20)21-2)8-3-10(15)5-11(16)4-8/h3-7,12H,1-2H3. The molecule has 1 atom stereocenters. The summed E-state index contributed by atoms with van der Waals surface area (Å²) in [5.74, 6) is -1.45. The smallest absolute Gasteiger partial charge is 0.351 e. The van der Waals surface area contributed by atoms with Gasteiger partial charge < -0.3 is 9.47 Å². The molecule has 0 aliphatic rings. The molecule has 0 amide bonds. The van der Waals surface area contributed by atoms with Crippen LogP contribution in [0.2, 0.25) is 10.0 Å². The maximum atomic E-state index is 12.1. The van der Waals surface area contributed by atoms with Crippen molar-refractivity contribution in [2.45, 2.75) is 6.10 Å². The molecule has 0 saturated heterocycles. The Bertz CT molecular complexity index is 694. The van der Waals surface area contributed by atoms with Crippen molar-refractivity contribution >= 4 is 35.1 Å². The predicted octanol–water partition coefficient (Wildman–Crippen LogP) is 2.80. The first-order valence-corrected chi connectivity index (χ1v) is 6.89. The number of aromatic nitrogens is 2. The number of hydrogen-bond acceptors (Lipinski definition) is 5. The van der Waals surface area contributed by atoms with Crippen molar-refractivity contribution in [1.82, 2.24) is 9.78 Å². The van der Waals surface area contributed by atoms with Crippen LogP contribution in [0.5, 0.6) is 0 Å². The van der Waals surface area contributed by atoms with E-state index in [-0.39, 0.29) is 5.56 Å². The van der Waals surface area contributed by atoms with Gasteiger partial charge in [-0.15, -0.1) is 0 Å². The maximum absolute atomic E-state index is 12.1. The molecule has 1 aromatic carbocycles. The van der Waals surface area contributed by atoms with Crippen molar-refractivity contribution in [2.75, 3.05) is 7.11 Å². The number of halogens is 2. The van der Waals surface area contributed by atoms with E-state index in [1.807, 2.05) is 0 Å². The molecule has 0 fully saturated rings. The zero-order valence-electron chi connectivity index (χ0n) is 11.7. The van der Waals surface area contributed by atoms with Gasteiger partial charge in [-0.2, -0.15) is 5.10 Å². The topological polar surface area (TPSA) is 70.4 Å². The molecule has 0 aliphatic carbocycles. The summed E-state index contributed by atoms with van der Waals surface area (Å²) in [5.41, 5.74) is 0.533. The van der Waals surface area contributed by atoms with Crippen molar-refractivity contribution in [3.8, 4) is 0 Å². The molecule has 0 radical (unpaired) electrons. The van der Waals surface area contributed by atoms with Crippen molar-refractivity contribution in [3.63, 3.8) is 0 Å². The van der Waals surface area contributed by atoms with Gasteiger partial charge in [-0.05, 0) is 18.2 Å². The van der Waals surface area contributed by atoms with Crippen LogP contribution in [0.15, 0.2) is 30.6 Å². The van der Waals surface area contributed by atoms with Crippen molar-refractivity contribution < 1.29 is 19.1 Å². The second kappa shape index (κ2) is 6.81. The molecule has 0 bridgehead atoms. The van der Waals surface area contributed by atoms with Crippen LogP contribution >= 0.6 is 23.2 Å². The molecule has 0 N–H and O–H groups in total. The number of rotatable bonds is 4. The van der Waals surface area contributed by atoms with Crippen molar-refractivity contribution in [2.24, 2.45) is 7.05 Å². The van der Waals surface area contributed by atoms with Crippen LogP contribution in [-0.2, 0) is 21.3 Å². The molecule has 22 heavy (non-hydrogen) atoms. The highest BCUT2D eigenvalue weighted by molar-refractivity contribution is 6.34. The second-order valence-corrected chi connectivity index (χ2v) is 5.29. The average molecular weight is 343 g/mol. The molecule has 8 heteroatoms. The van der Waals surface area contributed by atoms with Crippen LogP contribution in [0.3, 0.4) is 0 Å². The van der Waals surface area contributed by atoms with Gasteiger partial charge in [0.15, 0.2) is 0 Å². The molecule has 0 saturated carbocycles. The largest absolute Gasteiger partial charge is 0.466 e. The Hall–Kier alpha value is -2.05. The highest BCUT2D eigenvalue weighted by Gasteiger charge is 2.27. The maximum Gasteiger partial charge on any atom is 0.351 e. The van der Waals surface area contributed by atoms with E-state index in [2.05, 4.69) is 9.84 Å². The minimum Gasteiger partial charge on any atom is -0.466 e. The zero-order chi connectivity index (χ0) is 16.3. The first-order chi connectivity index (χ1) is 10.4. The summed E-state index contributed by atoms with van der Waals surface area (Å²) in [6, 6.07) is 4.46. The first-order valence-electron chi connectivity index (χ1n) is 6.14. The lowest BCUT2D eigenvalue weighted by Gasteiger charge is -2.16. The Morgan fingerprint density at radius 3 is 2.36 bits per heavy atom. The summed E-state index contributed by atoms with van der Waals surface area (Å²) in [5, 5.41) is 4.50. The van der Waals surface area contributed by atoms with Gasteiger partial charge in [-0.3, -0.25) is 4.68 Å². The second-order valence-electron chi connectivity index (χ2n) is 4.41. The normalized spacial score (nSPS) is 11.8. The van der Waals surface area contributed by atoms with Gasteiger partial charge in [0.2, 0.25) is 6.10 Å². The van der Waals surface area contributed by atoms with Crippen LogP contribution in [-0.4, -0.2) is 28.8 Å². The van der Waals surface area contributed by atoms with Gasteiger partial charge in [0.25, 0.3) is 0 Å².